The summed E-state index contributed by atoms with van der Waals surface area (Å²) in [6.45, 7) is 6.61. The number of allylic oxidation sites excluding steroid dienone is 2. The maximum absolute atomic E-state index is 12.7. The van der Waals surface area contributed by atoms with Crippen molar-refractivity contribution >= 4 is 17.9 Å². The molecule has 0 bridgehead atoms. The largest absolute Gasteiger partial charge is 0.462 e. The minimum Gasteiger partial charge on any atom is -0.462 e. The van der Waals surface area contributed by atoms with Gasteiger partial charge in [0.2, 0.25) is 0 Å². The Morgan fingerprint density at radius 2 is 0.586 bits per heavy atom. The molecule has 1 atom stereocenters. The van der Waals surface area contributed by atoms with Gasteiger partial charge in [-0.25, -0.2) is 0 Å². The van der Waals surface area contributed by atoms with E-state index in [0.29, 0.717) is 19.3 Å². The van der Waals surface area contributed by atoms with Gasteiger partial charge in [-0.3, -0.25) is 14.4 Å². The number of rotatable bonds is 47. The maximum atomic E-state index is 12.7. The molecule has 58 heavy (non-hydrogen) atoms. The van der Waals surface area contributed by atoms with E-state index in [1.807, 2.05) is 0 Å². The minimum absolute atomic E-state index is 0.0686. The predicted octanol–water partition coefficient (Wildman–Crippen LogP) is 16.6. The summed E-state index contributed by atoms with van der Waals surface area (Å²) >= 11 is 0. The maximum Gasteiger partial charge on any atom is 0.306 e. The fourth-order valence-electron chi connectivity index (χ4n) is 7.60. The average Bonchev–Trinajstić information content (AvgIpc) is 3.22. The number of carbonyl (C=O) groups excluding carboxylic acids is 3. The highest BCUT2D eigenvalue weighted by atomic mass is 16.6. The molecule has 6 heteroatoms. The van der Waals surface area contributed by atoms with Gasteiger partial charge in [0.1, 0.15) is 13.2 Å². The van der Waals surface area contributed by atoms with Gasteiger partial charge in [0.05, 0.1) is 0 Å². The quantitative estimate of drug-likeness (QED) is 0.0263. The Morgan fingerprint density at radius 1 is 0.328 bits per heavy atom. The highest BCUT2D eigenvalue weighted by molar-refractivity contribution is 5.71. The zero-order valence-electron chi connectivity index (χ0n) is 39.1. The first kappa shape index (κ1) is 56.1. The Morgan fingerprint density at radius 3 is 0.914 bits per heavy atom. The average molecular weight is 819 g/mol. The van der Waals surface area contributed by atoms with Gasteiger partial charge in [-0.1, -0.05) is 238 Å². The summed E-state index contributed by atoms with van der Waals surface area (Å²) in [6.07, 6.45) is 52.1. The molecule has 0 radical (unpaired) electrons. The van der Waals surface area contributed by atoms with Gasteiger partial charge >= 0.3 is 17.9 Å². The monoisotopic (exact) mass is 819 g/mol. The molecule has 0 fully saturated rings. The van der Waals surface area contributed by atoms with E-state index in [4.69, 9.17) is 14.2 Å². The summed E-state index contributed by atoms with van der Waals surface area (Å²) in [5, 5.41) is 0. The van der Waals surface area contributed by atoms with Crippen LogP contribution in [0.4, 0.5) is 0 Å². The first-order valence-electron chi connectivity index (χ1n) is 25.7. The molecule has 6 nitrogen and oxygen atoms in total. The molecular weight excluding hydrogens is 721 g/mol. The van der Waals surface area contributed by atoms with Crippen LogP contribution in [0.1, 0.15) is 284 Å². The molecule has 0 aliphatic rings. The van der Waals surface area contributed by atoms with E-state index in [1.54, 1.807) is 0 Å². The van der Waals surface area contributed by atoms with Crippen molar-refractivity contribution in [1.29, 1.82) is 0 Å². The third-order valence-corrected chi connectivity index (χ3v) is 11.5. The molecule has 0 aromatic heterocycles. The van der Waals surface area contributed by atoms with E-state index in [1.165, 1.54) is 180 Å². The summed E-state index contributed by atoms with van der Waals surface area (Å²) in [6, 6.07) is 0. The van der Waals surface area contributed by atoms with Crippen molar-refractivity contribution in [3.05, 3.63) is 12.2 Å². The summed E-state index contributed by atoms with van der Waals surface area (Å²) in [7, 11) is 0. The van der Waals surface area contributed by atoms with Crippen LogP contribution in [0.2, 0.25) is 0 Å². The molecule has 0 saturated heterocycles. The van der Waals surface area contributed by atoms with Crippen LogP contribution < -0.4 is 0 Å². The number of esters is 3. The lowest BCUT2D eigenvalue weighted by Gasteiger charge is -2.18. The Kier molecular flexibility index (Phi) is 46.3. The second kappa shape index (κ2) is 47.8. The molecule has 0 heterocycles. The lowest BCUT2D eigenvalue weighted by atomic mass is 10.0. The van der Waals surface area contributed by atoms with E-state index >= 15 is 0 Å². The summed E-state index contributed by atoms with van der Waals surface area (Å²) < 4.78 is 16.7. The molecule has 0 N–H and O–H groups in total. The molecule has 0 saturated carbocycles. The second-order valence-electron chi connectivity index (χ2n) is 17.4. The van der Waals surface area contributed by atoms with E-state index in [2.05, 4.69) is 32.9 Å². The van der Waals surface area contributed by atoms with Crippen LogP contribution in [0.25, 0.3) is 0 Å². The summed E-state index contributed by atoms with van der Waals surface area (Å²) in [4.78, 5) is 37.8. The molecule has 0 rings (SSSR count). The van der Waals surface area contributed by atoms with Gasteiger partial charge in [-0.2, -0.15) is 0 Å². The number of carbonyl (C=O) groups is 3. The fourth-order valence-corrected chi connectivity index (χ4v) is 7.60. The van der Waals surface area contributed by atoms with Gasteiger partial charge in [-0.15, -0.1) is 0 Å². The van der Waals surface area contributed by atoms with Gasteiger partial charge in [0.15, 0.2) is 6.10 Å². The predicted molar refractivity (Wildman–Crippen MR) is 247 cm³/mol. The minimum atomic E-state index is -0.766. The van der Waals surface area contributed by atoms with E-state index < -0.39 is 6.10 Å². The number of hydrogen-bond donors (Lipinski definition) is 0. The van der Waals surface area contributed by atoms with Crippen LogP contribution in [0.3, 0.4) is 0 Å². The lowest BCUT2D eigenvalue weighted by molar-refractivity contribution is -0.167. The number of unbranched alkanes of at least 4 members (excludes halogenated alkanes) is 34. The third-order valence-electron chi connectivity index (χ3n) is 11.5. The molecule has 0 aromatic carbocycles. The Hall–Kier alpha value is -1.85. The van der Waals surface area contributed by atoms with Crippen molar-refractivity contribution < 1.29 is 28.6 Å². The first-order valence-corrected chi connectivity index (χ1v) is 25.7. The Bertz CT molecular complexity index is 900. The molecule has 0 aromatic rings. The SMILES string of the molecule is CCCC/C=C\CCCCCCCC(=O)OC(COC(=O)CCCCCCCCCCC)COC(=O)CCCCCCCCCCCCCCCCCCCCCC. The highest BCUT2D eigenvalue weighted by Gasteiger charge is 2.19. The van der Waals surface area contributed by atoms with Crippen molar-refractivity contribution in [1.82, 2.24) is 0 Å². The van der Waals surface area contributed by atoms with Crippen molar-refractivity contribution in [2.45, 2.75) is 290 Å². The third kappa shape index (κ3) is 45.2. The Labute approximate surface area is 360 Å². The highest BCUT2D eigenvalue weighted by Crippen LogP contribution is 2.16. The van der Waals surface area contributed by atoms with Gasteiger partial charge in [0.25, 0.3) is 0 Å². The standard InChI is InChI=1S/C52H98O6/c1-4-7-10-13-16-19-21-22-23-24-25-26-27-28-29-31-33-36-39-42-45-51(54)57-48-49(47-56-50(53)44-41-38-35-32-18-15-12-9-6-3)58-52(55)46-43-40-37-34-30-20-17-14-11-8-5-2/h14,17,49H,4-13,15-16,18-48H2,1-3H3/b17-14-. The van der Waals surface area contributed by atoms with Crippen LogP contribution in [0.5, 0.6) is 0 Å². The van der Waals surface area contributed by atoms with E-state index in [0.717, 1.165) is 64.2 Å². The van der Waals surface area contributed by atoms with E-state index in [-0.39, 0.29) is 31.1 Å². The zero-order valence-corrected chi connectivity index (χ0v) is 39.1. The van der Waals surface area contributed by atoms with Crippen LogP contribution >= 0.6 is 0 Å². The lowest BCUT2D eigenvalue weighted by Crippen LogP contribution is -2.30. The zero-order chi connectivity index (χ0) is 42.3. The molecule has 0 spiro atoms. The van der Waals surface area contributed by atoms with Crippen molar-refractivity contribution in [2.75, 3.05) is 13.2 Å². The molecule has 342 valence electrons. The Balaban J connectivity index is 4.19. The van der Waals surface area contributed by atoms with Crippen LogP contribution in [-0.4, -0.2) is 37.2 Å². The molecule has 0 amide bonds. The first-order chi connectivity index (χ1) is 28.5. The smallest absolute Gasteiger partial charge is 0.306 e. The van der Waals surface area contributed by atoms with Gasteiger partial charge in [-0.05, 0) is 38.5 Å². The van der Waals surface area contributed by atoms with Crippen LogP contribution in [0.15, 0.2) is 12.2 Å². The topological polar surface area (TPSA) is 78.9 Å². The van der Waals surface area contributed by atoms with Crippen molar-refractivity contribution in [2.24, 2.45) is 0 Å². The molecular formula is C52H98O6. The fraction of sp³-hybridized carbons (Fsp3) is 0.904. The van der Waals surface area contributed by atoms with E-state index in [9.17, 15) is 14.4 Å². The van der Waals surface area contributed by atoms with Gasteiger partial charge in [0, 0.05) is 19.3 Å². The van der Waals surface area contributed by atoms with Crippen molar-refractivity contribution in [3.8, 4) is 0 Å². The molecule has 1 unspecified atom stereocenters. The molecule has 0 aliphatic heterocycles. The van der Waals surface area contributed by atoms with Crippen molar-refractivity contribution in [3.63, 3.8) is 0 Å². The summed E-state index contributed by atoms with van der Waals surface area (Å²) in [5.41, 5.74) is 0. The van der Waals surface area contributed by atoms with Crippen LogP contribution in [-0.2, 0) is 28.6 Å². The number of hydrogen-bond acceptors (Lipinski definition) is 6. The number of ether oxygens (including phenoxy) is 3. The van der Waals surface area contributed by atoms with Gasteiger partial charge < -0.3 is 14.2 Å². The molecule has 0 aliphatic carbocycles. The normalized spacial score (nSPS) is 12.0. The summed E-state index contributed by atoms with van der Waals surface area (Å²) in [5.74, 6) is -0.867. The second-order valence-corrected chi connectivity index (χ2v) is 17.4. The van der Waals surface area contributed by atoms with Crippen LogP contribution in [0, 0.1) is 0 Å².